The second-order valence-electron chi connectivity index (χ2n) is 6.58. The van der Waals surface area contributed by atoms with Crippen LogP contribution in [-0.4, -0.2) is 48.9 Å². The Hall–Kier alpha value is -2.57. The third kappa shape index (κ3) is 6.58. The predicted octanol–water partition coefficient (Wildman–Crippen LogP) is 1.78. The van der Waals surface area contributed by atoms with Gasteiger partial charge in [-0.25, -0.2) is 0 Å². The first-order chi connectivity index (χ1) is 13.0. The first kappa shape index (κ1) is 20.7. The summed E-state index contributed by atoms with van der Waals surface area (Å²) in [5.74, 6) is 0.524. The third-order valence-electron chi connectivity index (χ3n) is 4.54. The molecule has 1 fully saturated rings. The fraction of sp³-hybridized carbons (Fsp3) is 0.550. The minimum atomic E-state index is -0.175. The van der Waals surface area contributed by atoms with Gasteiger partial charge < -0.3 is 20.3 Å². The molecule has 1 atom stereocenters. The van der Waals surface area contributed by atoms with Crippen molar-refractivity contribution in [1.82, 2.24) is 15.5 Å². The molecule has 1 heterocycles. The quantitative estimate of drug-likeness (QED) is 0.644. The second kappa shape index (κ2) is 10.5. The van der Waals surface area contributed by atoms with Crippen molar-refractivity contribution in [3.05, 3.63) is 29.8 Å². The number of ether oxygens (including phenoxy) is 1. The van der Waals surface area contributed by atoms with E-state index in [0.717, 1.165) is 30.7 Å². The van der Waals surface area contributed by atoms with Crippen molar-refractivity contribution in [1.29, 1.82) is 0 Å². The number of nitrogens with zero attached hydrogens (tertiary/aromatic N) is 1. The molecule has 148 valence electrons. The largest absolute Gasteiger partial charge is 0.494 e. The highest BCUT2D eigenvalue weighted by molar-refractivity contribution is 5.84. The maximum atomic E-state index is 12.6. The average Bonchev–Trinajstić information content (AvgIpc) is 3.14. The Labute approximate surface area is 160 Å². The molecule has 1 aliphatic rings. The van der Waals surface area contributed by atoms with Crippen LogP contribution in [0.15, 0.2) is 24.3 Å². The number of carbonyl (C=O) groups is 3. The van der Waals surface area contributed by atoms with Gasteiger partial charge in [-0.3, -0.25) is 14.4 Å². The van der Waals surface area contributed by atoms with E-state index in [1.165, 1.54) is 6.92 Å². The monoisotopic (exact) mass is 375 g/mol. The Morgan fingerprint density at radius 2 is 1.81 bits per heavy atom. The number of amides is 3. The summed E-state index contributed by atoms with van der Waals surface area (Å²) in [5.41, 5.74) is 1.10. The normalized spacial score (nSPS) is 16.1. The van der Waals surface area contributed by atoms with E-state index < -0.39 is 0 Å². The summed E-state index contributed by atoms with van der Waals surface area (Å²) in [6, 6.07) is 7.95. The molecule has 7 heteroatoms. The van der Waals surface area contributed by atoms with Gasteiger partial charge in [0.05, 0.1) is 12.6 Å². The SMILES string of the molecule is CCOc1ccc(C2CCCN2C(=O)CCC(=O)NCCNC(C)=O)cc1. The topological polar surface area (TPSA) is 87.7 Å². The van der Waals surface area contributed by atoms with Crippen LogP contribution in [0.3, 0.4) is 0 Å². The first-order valence-electron chi connectivity index (χ1n) is 9.54. The van der Waals surface area contributed by atoms with Crippen LogP contribution in [0, 0.1) is 0 Å². The smallest absolute Gasteiger partial charge is 0.223 e. The molecule has 27 heavy (non-hydrogen) atoms. The molecule has 2 N–H and O–H groups in total. The Bertz CT molecular complexity index is 645. The van der Waals surface area contributed by atoms with Gasteiger partial charge in [0.25, 0.3) is 0 Å². The lowest BCUT2D eigenvalue weighted by Gasteiger charge is -2.25. The van der Waals surface area contributed by atoms with Crippen LogP contribution in [0.5, 0.6) is 5.75 Å². The lowest BCUT2D eigenvalue weighted by Crippen LogP contribution is -2.35. The molecule has 0 aliphatic carbocycles. The summed E-state index contributed by atoms with van der Waals surface area (Å²) in [6.45, 7) is 5.48. The van der Waals surface area contributed by atoms with Crippen molar-refractivity contribution >= 4 is 17.7 Å². The zero-order valence-electron chi connectivity index (χ0n) is 16.1. The van der Waals surface area contributed by atoms with E-state index in [1.54, 1.807) is 0 Å². The Balaban J connectivity index is 1.80. The second-order valence-corrected chi connectivity index (χ2v) is 6.58. The van der Waals surface area contributed by atoms with Gasteiger partial charge in [0.2, 0.25) is 17.7 Å². The van der Waals surface area contributed by atoms with Gasteiger partial charge in [-0.1, -0.05) is 12.1 Å². The van der Waals surface area contributed by atoms with E-state index in [0.29, 0.717) is 19.7 Å². The van der Waals surface area contributed by atoms with Crippen LogP contribution < -0.4 is 15.4 Å². The minimum Gasteiger partial charge on any atom is -0.494 e. The highest BCUT2D eigenvalue weighted by atomic mass is 16.5. The minimum absolute atomic E-state index is 0.00314. The molecule has 1 unspecified atom stereocenters. The number of rotatable bonds is 9. The van der Waals surface area contributed by atoms with Crippen LogP contribution in [0.25, 0.3) is 0 Å². The van der Waals surface area contributed by atoms with Gasteiger partial charge in [-0.05, 0) is 37.5 Å². The van der Waals surface area contributed by atoms with Crippen molar-refractivity contribution in [2.24, 2.45) is 0 Å². The standard InChI is InChI=1S/C20H29N3O4/c1-3-27-17-8-6-16(7-9-17)18-5-4-14-23(18)20(26)11-10-19(25)22-13-12-21-15(2)24/h6-9,18H,3-5,10-14H2,1-2H3,(H,21,24)(H,22,25). The fourth-order valence-electron chi connectivity index (χ4n) is 3.26. The van der Waals surface area contributed by atoms with E-state index in [4.69, 9.17) is 4.74 Å². The Kier molecular flexibility index (Phi) is 8.10. The maximum Gasteiger partial charge on any atom is 0.223 e. The van der Waals surface area contributed by atoms with Gasteiger partial charge in [0, 0.05) is 39.4 Å². The molecule has 1 saturated heterocycles. The number of likely N-dealkylation sites (tertiary alicyclic amines) is 1. The van der Waals surface area contributed by atoms with Gasteiger partial charge in [0.15, 0.2) is 0 Å². The van der Waals surface area contributed by atoms with Gasteiger partial charge in [-0.15, -0.1) is 0 Å². The zero-order valence-corrected chi connectivity index (χ0v) is 16.1. The average molecular weight is 375 g/mol. The molecule has 0 spiro atoms. The van der Waals surface area contributed by atoms with Crippen molar-refractivity contribution in [3.8, 4) is 5.75 Å². The fourth-order valence-corrected chi connectivity index (χ4v) is 3.26. The lowest BCUT2D eigenvalue weighted by atomic mass is 10.0. The molecular formula is C20H29N3O4. The van der Waals surface area contributed by atoms with E-state index in [9.17, 15) is 14.4 Å². The molecule has 1 aliphatic heterocycles. The Morgan fingerprint density at radius 1 is 1.11 bits per heavy atom. The summed E-state index contributed by atoms with van der Waals surface area (Å²) in [4.78, 5) is 37.1. The van der Waals surface area contributed by atoms with Gasteiger partial charge in [0.1, 0.15) is 5.75 Å². The van der Waals surface area contributed by atoms with Gasteiger partial charge >= 0.3 is 0 Å². The van der Waals surface area contributed by atoms with Crippen LogP contribution in [0.1, 0.15) is 51.1 Å². The molecular weight excluding hydrogens is 346 g/mol. The van der Waals surface area contributed by atoms with Crippen molar-refractivity contribution in [2.75, 3.05) is 26.2 Å². The van der Waals surface area contributed by atoms with Crippen molar-refractivity contribution in [2.45, 2.75) is 45.6 Å². The van der Waals surface area contributed by atoms with Crippen LogP contribution in [0.4, 0.5) is 0 Å². The van der Waals surface area contributed by atoms with E-state index >= 15 is 0 Å². The summed E-state index contributed by atoms with van der Waals surface area (Å²) >= 11 is 0. The molecule has 0 saturated carbocycles. The van der Waals surface area contributed by atoms with E-state index in [1.807, 2.05) is 36.1 Å². The molecule has 0 radical (unpaired) electrons. The molecule has 0 bridgehead atoms. The molecule has 7 nitrogen and oxygen atoms in total. The first-order valence-corrected chi connectivity index (χ1v) is 9.54. The Morgan fingerprint density at radius 3 is 2.48 bits per heavy atom. The molecule has 1 aromatic rings. The number of carbonyl (C=O) groups excluding carboxylic acids is 3. The highest BCUT2D eigenvalue weighted by Crippen LogP contribution is 2.33. The van der Waals surface area contributed by atoms with Crippen LogP contribution in [0.2, 0.25) is 0 Å². The number of hydrogen-bond acceptors (Lipinski definition) is 4. The molecule has 2 rings (SSSR count). The summed E-state index contributed by atoms with van der Waals surface area (Å²) in [6.07, 6.45) is 2.25. The number of nitrogens with one attached hydrogen (secondary N) is 2. The summed E-state index contributed by atoms with van der Waals surface area (Å²) in [5, 5.41) is 5.32. The van der Waals surface area contributed by atoms with E-state index in [2.05, 4.69) is 10.6 Å². The molecule has 3 amide bonds. The molecule has 1 aromatic carbocycles. The molecule has 0 aromatic heterocycles. The zero-order chi connectivity index (χ0) is 19.6. The van der Waals surface area contributed by atoms with Gasteiger partial charge in [-0.2, -0.15) is 0 Å². The number of benzene rings is 1. The number of hydrogen-bond donors (Lipinski definition) is 2. The summed E-state index contributed by atoms with van der Waals surface area (Å²) in [7, 11) is 0. The lowest BCUT2D eigenvalue weighted by molar-refractivity contribution is -0.134. The van der Waals surface area contributed by atoms with Crippen LogP contribution in [-0.2, 0) is 14.4 Å². The third-order valence-corrected chi connectivity index (χ3v) is 4.54. The maximum absolute atomic E-state index is 12.6. The van der Waals surface area contributed by atoms with E-state index in [-0.39, 0.29) is 36.6 Å². The van der Waals surface area contributed by atoms with Crippen molar-refractivity contribution < 1.29 is 19.1 Å². The van der Waals surface area contributed by atoms with Crippen LogP contribution >= 0.6 is 0 Å². The highest BCUT2D eigenvalue weighted by Gasteiger charge is 2.29. The predicted molar refractivity (Wildman–Crippen MR) is 102 cm³/mol. The summed E-state index contributed by atoms with van der Waals surface area (Å²) < 4.78 is 5.47. The van der Waals surface area contributed by atoms with Crippen molar-refractivity contribution in [3.63, 3.8) is 0 Å².